The van der Waals surface area contributed by atoms with Gasteiger partial charge in [0.1, 0.15) is 5.75 Å². The number of benzene rings is 3. The van der Waals surface area contributed by atoms with Crippen LogP contribution < -0.4 is 19.1 Å². The van der Waals surface area contributed by atoms with Gasteiger partial charge in [0.2, 0.25) is 0 Å². The molecule has 31 heavy (non-hydrogen) atoms. The lowest BCUT2D eigenvalue weighted by Gasteiger charge is -2.17. The van der Waals surface area contributed by atoms with Crippen molar-refractivity contribution in [3.8, 4) is 17.2 Å². The SMILES string of the molecule is COc1ccc(S(=O)(=O)Nc2ccc3c(c2)C(=O)N(C)c2cc(C)ccc2O3)cc1F. The Labute approximate surface area is 179 Å². The highest BCUT2D eigenvalue weighted by Gasteiger charge is 2.27. The molecule has 1 aliphatic heterocycles. The summed E-state index contributed by atoms with van der Waals surface area (Å²) in [5.41, 5.74) is 1.91. The Kier molecular flexibility index (Phi) is 5.06. The van der Waals surface area contributed by atoms with Crippen LogP contribution in [0.3, 0.4) is 0 Å². The highest BCUT2D eigenvalue weighted by Crippen LogP contribution is 2.39. The summed E-state index contributed by atoms with van der Waals surface area (Å²) in [5.74, 6) is -0.397. The van der Waals surface area contributed by atoms with Crippen LogP contribution in [0.1, 0.15) is 15.9 Å². The fourth-order valence-corrected chi connectivity index (χ4v) is 4.32. The maximum atomic E-state index is 14.0. The summed E-state index contributed by atoms with van der Waals surface area (Å²) in [4.78, 5) is 14.2. The van der Waals surface area contributed by atoms with Gasteiger partial charge in [-0.05, 0) is 61.0 Å². The van der Waals surface area contributed by atoms with Crippen molar-refractivity contribution in [3.05, 3.63) is 71.5 Å². The molecule has 0 spiro atoms. The van der Waals surface area contributed by atoms with Crippen LogP contribution in [0.25, 0.3) is 0 Å². The highest BCUT2D eigenvalue weighted by atomic mass is 32.2. The number of nitrogens with one attached hydrogen (secondary N) is 1. The van der Waals surface area contributed by atoms with E-state index in [4.69, 9.17) is 9.47 Å². The minimum atomic E-state index is -4.10. The van der Waals surface area contributed by atoms with E-state index in [0.717, 1.165) is 11.6 Å². The summed E-state index contributed by atoms with van der Waals surface area (Å²) in [6, 6.07) is 13.2. The van der Waals surface area contributed by atoms with E-state index in [0.29, 0.717) is 17.2 Å². The number of nitrogens with zero attached hydrogens (tertiary/aromatic N) is 1. The van der Waals surface area contributed by atoms with Crippen LogP contribution in [0.4, 0.5) is 15.8 Å². The van der Waals surface area contributed by atoms with Gasteiger partial charge in [-0.3, -0.25) is 9.52 Å². The number of carbonyl (C=O) groups is 1. The molecule has 1 aliphatic rings. The van der Waals surface area contributed by atoms with Gasteiger partial charge in [0.05, 0.1) is 23.3 Å². The van der Waals surface area contributed by atoms with Crippen LogP contribution in [-0.4, -0.2) is 28.5 Å². The highest BCUT2D eigenvalue weighted by molar-refractivity contribution is 7.92. The van der Waals surface area contributed by atoms with Crippen LogP contribution in [0.15, 0.2) is 59.5 Å². The van der Waals surface area contributed by atoms with Gasteiger partial charge in [0, 0.05) is 12.7 Å². The zero-order valence-corrected chi connectivity index (χ0v) is 17.8. The molecule has 0 unspecified atom stereocenters. The number of ether oxygens (including phenoxy) is 2. The first-order valence-electron chi connectivity index (χ1n) is 9.26. The Balaban J connectivity index is 1.68. The number of amides is 1. The molecule has 0 radical (unpaired) electrons. The molecule has 1 heterocycles. The first kappa shape index (κ1) is 20.7. The molecular weight excluding hydrogens is 423 g/mol. The normalized spacial score (nSPS) is 13.0. The lowest BCUT2D eigenvalue weighted by atomic mass is 10.1. The molecule has 3 aromatic rings. The van der Waals surface area contributed by atoms with Gasteiger partial charge in [0.25, 0.3) is 15.9 Å². The second-order valence-corrected chi connectivity index (χ2v) is 8.73. The van der Waals surface area contributed by atoms with Crippen molar-refractivity contribution in [2.45, 2.75) is 11.8 Å². The molecule has 4 rings (SSSR count). The Bertz CT molecular complexity index is 1310. The van der Waals surface area contributed by atoms with E-state index in [9.17, 15) is 17.6 Å². The van der Waals surface area contributed by atoms with Crippen molar-refractivity contribution in [2.24, 2.45) is 0 Å². The molecule has 0 aromatic heterocycles. The number of halogens is 1. The number of methoxy groups -OCH3 is 1. The Morgan fingerprint density at radius 2 is 1.77 bits per heavy atom. The van der Waals surface area contributed by atoms with Gasteiger partial charge in [-0.2, -0.15) is 0 Å². The third kappa shape index (κ3) is 3.79. The monoisotopic (exact) mass is 442 g/mol. The Hall–Kier alpha value is -3.59. The zero-order chi connectivity index (χ0) is 22.3. The van der Waals surface area contributed by atoms with E-state index < -0.39 is 15.8 Å². The molecule has 0 saturated carbocycles. The van der Waals surface area contributed by atoms with Crippen LogP contribution >= 0.6 is 0 Å². The van der Waals surface area contributed by atoms with Crippen LogP contribution in [-0.2, 0) is 10.0 Å². The smallest absolute Gasteiger partial charge is 0.262 e. The largest absolute Gasteiger partial charge is 0.494 e. The van der Waals surface area contributed by atoms with Crippen molar-refractivity contribution in [3.63, 3.8) is 0 Å². The summed E-state index contributed by atoms with van der Waals surface area (Å²) < 4.78 is 52.5. The summed E-state index contributed by atoms with van der Waals surface area (Å²) in [6.45, 7) is 1.91. The molecule has 9 heteroatoms. The third-order valence-electron chi connectivity index (χ3n) is 4.90. The Morgan fingerprint density at radius 3 is 2.48 bits per heavy atom. The van der Waals surface area contributed by atoms with E-state index in [-0.39, 0.29) is 27.8 Å². The first-order chi connectivity index (χ1) is 14.7. The van der Waals surface area contributed by atoms with Crippen molar-refractivity contribution >= 4 is 27.3 Å². The number of anilines is 2. The predicted molar refractivity (Wildman–Crippen MR) is 114 cm³/mol. The number of hydrogen-bond acceptors (Lipinski definition) is 5. The average molecular weight is 442 g/mol. The molecule has 0 bridgehead atoms. The molecule has 1 N–H and O–H groups in total. The molecule has 7 nitrogen and oxygen atoms in total. The van der Waals surface area contributed by atoms with E-state index in [2.05, 4.69) is 4.72 Å². The maximum absolute atomic E-state index is 14.0. The van der Waals surface area contributed by atoms with Gasteiger partial charge < -0.3 is 14.4 Å². The van der Waals surface area contributed by atoms with Gasteiger partial charge in [-0.25, -0.2) is 12.8 Å². The van der Waals surface area contributed by atoms with Crippen molar-refractivity contribution in [1.82, 2.24) is 0 Å². The quantitative estimate of drug-likeness (QED) is 0.650. The molecule has 0 fully saturated rings. The van der Waals surface area contributed by atoms with Gasteiger partial charge in [0.15, 0.2) is 17.3 Å². The number of hydrogen-bond donors (Lipinski definition) is 1. The Morgan fingerprint density at radius 1 is 1.03 bits per heavy atom. The van der Waals surface area contributed by atoms with Gasteiger partial charge in [-0.15, -0.1) is 0 Å². The fraction of sp³-hybridized carbons (Fsp3) is 0.136. The van der Waals surface area contributed by atoms with E-state index in [1.165, 1.54) is 42.3 Å². The second kappa shape index (κ2) is 7.59. The molecule has 0 atom stereocenters. The minimum absolute atomic E-state index is 0.0652. The minimum Gasteiger partial charge on any atom is -0.494 e. The lowest BCUT2D eigenvalue weighted by molar-refractivity contribution is 0.0993. The van der Waals surface area contributed by atoms with Gasteiger partial charge in [-0.1, -0.05) is 6.07 Å². The topological polar surface area (TPSA) is 84.9 Å². The molecular formula is C22H19FN2O5S. The summed E-state index contributed by atoms with van der Waals surface area (Å²) in [7, 11) is -1.19. The van der Waals surface area contributed by atoms with E-state index in [1.807, 2.05) is 19.1 Å². The van der Waals surface area contributed by atoms with Crippen molar-refractivity contribution < 1.29 is 27.1 Å². The molecule has 0 aliphatic carbocycles. The van der Waals surface area contributed by atoms with E-state index in [1.54, 1.807) is 13.1 Å². The van der Waals surface area contributed by atoms with Crippen molar-refractivity contribution in [1.29, 1.82) is 0 Å². The summed E-state index contributed by atoms with van der Waals surface area (Å²) >= 11 is 0. The number of aryl methyl sites for hydroxylation is 1. The molecule has 160 valence electrons. The number of carbonyl (C=O) groups excluding carboxylic acids is 1. The number of fused-ring (bicyclic) bond motifs is 2. The summed E-state index contributed by atoms with van der Waals surface area (Å²) in [5, 5.41) is 0. The van der Waals surface area contributed by atoms with Crippen molar-refractivity contribution in [2.75, 3.05) is 23.8 Å². The molecule has 3 aromatic carbocycles. The molecule has 0 saturated heterocycles. The third-order valence-corrected chi connectivity index (χ3v) is 6.28. The second-order valence-electron chi connectivity index (χ2n) is 7.05. The number of sulfonamides is 1. The lowest BCUT2D eigenvalue weighted by Crippen LogP contribution is -2.25. The number of rotatable bonds is 4. The standard InChI is InChI=1S/C22H19FN2O5S/c1-13-4-7-21-18(10-13)25(2)22(26)16-11-14(5-8-19(16)30-21)24-31(27,28)15-6-9-20(29-3)17(23)12-15/h4-12,24H,1-3H3. The van der Waals surface area contributed by atoms with E-state index >= 15 is 0 Å². The first-order valence-corrected chi connectivity index (χ1v) is 10.7. The maximum Gasteiger partial charge on any atom is 0.262 e. The average Bonchev–Trinajstić information content (AvgIpc) is 2.83. The van der Waals surface area contributed by atoms with Gasteiger partial charge >= 0.3 is 0 Å². The van der Waals surface area contributed by atoms with Crippen LogP contribution in [0.2, 0.25) is 0 Å². The van der Waals surface area contributed by atoms with Crippen LogP contribution in [0.5, 0.6) is 17.2 Å². The fourth-order valence-electron chi connectivity index (χ4n) is 3.26. The molecule has 1 amide bonds. The zero-order valence-electron chi connectivity index (χ0n) is 17.0. The predicted octanol–water partition coefficient (Wildman–Crippen LogP) is 4.33. The van der Waals surface area contributed by atoms with Crippen LogP contribution in [0, 0.1) is 12.7 Å². The summed E-state index contributed by atoms with van der Waals surface area (Å²) in [6.07, 6.45) is 0.